The summed E-state index contributed by atoms with van der Waals surface area (Å²) >= 11 is 1.43. The van der Waals surface area contributed by atoms with E-state index in [1.807, 2.05) is 35.7 Å². The minimum atomic E-state index is -0.513. The Morgan fingerprint density at radius 1 is 1.11 bits per heavy atom. The van der Waals surface area contributed by atoms with Crippen molar-refractivity contribution in [3.63, 3.8) is 0 Å². The van der Waals surface area contributed by atoms with Gasteiger partial charge in [-0.3, -0.25) is 9.59 Å². The zero-order valence-corrected chi connectivity index (χ0v) is 20.5. The van der Waals surface area contributed by atoms with Crippen molar-refractivity contribution in [1.29, 1.82) is 0 Å². The maximum absolute atomic E-state index is 13.3. The molecule has 3 aromatic rings. The molecule has 1 saturated carbocycles. The maximum Gasteiger partial charge on any atom is 0.337 e. The Labute approximate surface area is 208 Å². The third kappa shape index (κ3) is 6.54. The Morgan fingerprint density at radius 2 is 1.89 bits per heavy atom. The minimum absolute atomic E-state index is 0.0271. The van der Waals surface area contributed by atoms with Crippen molar-refractivity contribution in [3.05, 3.63) is 81.8 Å². The van der Waals surface area contributed by atoms with Crippen LogP contribution in [-0.4, -0.2) is 29.9 Å². The van der Waals surface area contributed by atoms with Gasteiger partial charge in [-0.15, -0.1) is 11.3 Å². The van der Waals surface area contributed by atoms with E-state index in [-0.39, 0.29) is 30.7 Å². The molecule has 2 N–H and O–H groups in total. The van der Waals surface area contributed by atoms with Crippen LogP contribution >= 0.6 is 11.3 Å². The average molecular weight is 492 g/mol. The highest BCUT2D eigenvalue weighted by Gasteiger charge is 2.31. The van der Waals surface area contributed by atoms with Crippen LogP contribution in [0.15, 0.2) is 59.4 Å². The molecule has 1 aliphatic rings. The summed E-state index contributed by atoms with van der Waals surface area (Å²) in [6.45, 7) is 0.231. The summed E-state index contributed by atoms with van der Waals surface area (Å²) < 4.78 is 4.88. The number of ether oxygens (including phenoxy) is 1. The Balaban J connectivity index is 1.49. The summed E-state index contributed by atoms with van der Waals surface area (Å²) in [6, 6.07) is 14.9. The fraction of sp³-hybridized carbons (Fsp3) is 0.333. The van der Waals surface area contributed by atoms with E-state index in [9.17, 15) is 14.4 Å². The van der Waals surface area contributed by atoms with E-state index in [2.05, 4.69) is 15.6 Å². The SMILES string of the molecule is COC(=O)c1cc(CNC(=O)[C@@H](c2ccccc2)C2CCCC2)cc(NC(=O)Cc2cscn2)c1. The number of thiazole rings is 1. The molecular formula is C27H29N3O4S. The number of nitrogens with one attached hydrogen (secondary N) is 2. The highest BCUT2D eigenvalue weighted by molar-refractivity contribution is 7.07. The van der Waals surface area contributed by atoms with Gasteiger partial charge in [0, 0.05) is 17.6 Å². The molecule has 1 fully saturated rings. The average Bonchev–Trinajstić information content (AvgIpc) is 3.58. The molecule has 182 valence electrons. The van der Waals surface area contributed by atoms with E-state index >= 15 is 0 Å². The first kappa shape index (κ1) is 24.6. The molecule has 0 aliphatic heterocycles. The number of amides is 2. The van der Waals surface area contributed by atoms with Crippen LogP contribution in [0.2, 0.25) is 0 Å². The molecule has 0 unspecified atom stereocenters. The van der Waals surface area contributed by atoms with Crippen molar-refractivity contribution in [1.82, 2.24) is 10.3 Å². The van der Waals surface area contributed by atoms with Crippen LogP contribution in [0.1, 0.15) is 58.8 Å². The number of hydrogen-bond donors (Lipinski definition) is 2. The van der Waals surface area contributed by atoms with Crippen LogP contribution in [-0.2, 0) is 27.3 Å². The Kier molecular flexibility index (Phi) is 8.26. The van der Waals surface area contributed by atoms with Crippen LogP contribution in [0.5, 0.6) is 0 Å². The Morgan fingerprint density at radius 3 is 2.57 bits per heavy atom. The van der Waals surface area contributed by atoms with Gasteiger partial charge in [0.15, 0.2) is 0 Å². The third-order valence-electron chi connectivity index (χ3n) is 6.30. The molecule has 0 radical (unpaired) electrons. The van der Waals surface area contributed by atoms with Crippen LogP contribution in [0.3, 0.4) is 0 Å². The molecule has 1 aliphatic carbocycles. The monoisotopic (exact) mass is 491 g/mol. The van der Waals surface area contributed by atoms with Crippen LogP contribution in [0.4, 0.5) is 5.69 Å². The van der Waals surface area contributed by atoms with E-state index in [1.165, 1.54) is 18.4 Å². The van der Waals surface area contributed by atoms with Gasteiger partial charge in [0.05, 0.1) is 36.2 Å². The molecule has 35 heavy (non-hydrogen) atoms. The maximum atomic E-state index is 13.3. The minimum Gasteiger partial charge on any atom is -0.465 e. The second kappa shape index (κ2) is 11.8. The third-order valence-corrected chi connectivity index (χ3v) is 6.94. The second-order valence-corrected chi connectivity index (χ2v) is 9.48. The van der Waals surface area contributed by atoms with E-state index < -0.39 is 5.97 Å². The van der Waals surface area contributed by atoms with Gasteiger partial charge in [-0.05, 0) is 48.1 Å². The number of carbonyl (C=O) groups is 3. The number of methoxy groups -OCH3 is 1. The zero-order chi connectivity index (χ0) is 24.6. The van der Waals surface area contributed by atoms with Gasteiger partial charge in [0.1, 0.15) is 0 Å². The molecule has 4 rings (SSSR count). The van der Waals surface area contributed by atoms with E-state index in [1.54, 1.807) is 23.7 Å². The van der Waals surface area contributed by atoms with Crippen LogP contribution < -0.4 is 10.6 Å². The molecule has 0 bridgehead atoms. The molecule has 2 amide bonds. The summed E-state index contributed by atoms with van der Waals surface area (Å²) in [5.41, 5.74) is 4.85. The Bertz CT molecular complexity index is 1160. The number of esters is 1. The summed E-state index contributed by atoms with van der Waals surface area (Å²) in [5, 5.41) is 7.71. The Hall–Kier alpha value is -3.52. The highest BCUT2D eigenvalue weighted by atomic mass is 32.1. The largest absolute Gasteiger partial charge is 0.465 e. The molecule has 1 aromatic heterocycles. The first-order valence-electron chi connectivity index (χ1n) is 11.8. The quantitative estimate of drug-likeness (QED) is 0.423. The lowest BCUT2D eigenvalue weighted by molar-refractivity contribution is -0.124. The molecule has 0 saturated heterocycles. The molecular weight excluding hydrogens is 462 g/mol. The fourth-order valence-electron chi connectivity index (χ4n) is 4.68. The van der Waals surface area contributed by atoms with Gasteiger partial charge >= 0.3 is 5.97 Å². The lowest BCUT2D eigenvalue weighted by Crippen LogP contribution is -2.32. The fourth-order valence-corrected chi connectivity index (χ4v) is 5.24. The molecule has 1 atom stereocenters. The van der Waals surface area contributed by atoms with Crippen molar-refractivity contribution >= 4 is 34.8 Å². The predicted octanol–water partition coefficient (Wildman–Crippen LogP) is 4.70. The normalized spacial score (nSPS) is 14.3. The van der Waals surface area contributed by atoms with Crippen LogP contribution in [0.25, 0.3) is 0 Å². The van der Waals surface area contributed by atoms with Gasteiger partial charge in [-0.1, -0.05) is 43.2 Å². The summed E-state index contributed by atoms with van der Waals surface area (Å²) in [5.74, 6) is -0.667. The van der Waals surface area contributed by atoms with Gasteiger partial charge in [-0.2, -0.15) is 0 Å². The summed E-state index contributed by atoms with van der Waals surface area (Å²) in [4.78, 5) is 42.2. The number of hydrogen-bond acceptors (Lipinski definition) is 6. The van der Waals surface area contributed by atoms with Gasteiger partial charge in [-0.25, -0.2) is 9.78 Å². The van der Waals surface area contributed by atoms with Crippen LogP contribution in [0, 0.1) is 5.92 Å². The van der Waals surface area contributed by atoms with E-state index in [0.29, 0.717) is 28.4 Å². The topological polar surface area (TPSA) is 97.4 Å². The predicted molar refractivity (Wildman–Crippen MR) is 135 cm³/mol. The van der Waals surface area contributed by atoms with Gasteiger partial charge in [0.2, 0.25) is 11.8 Å². The lowest BCUT2D eigenvalue weighted by Gasteiger charge is -2.23. The molecule has 8 heteroatoms. The second-order valence-electron chi connectivity index (χ2n) is 8.77. The number of benzene rings is 2. The van der Waals surface area contributed by atoms with Crippen molar-refractivity contribution in [2.45, 2.75) is 44.6 Å². The molecule has 1 heterocycles. The van der Waals surface area contributed by atoms with Gasteiger partial charge < -0.3 is 15.4 Å². The number of anilines is 1. The van der Waals surface area contributed by atoms with Crippen molar-refractivity contribution in [3.8, 4) is 0 Å². The number of nitrogens with zero attached hydrogens (tertiary/aromatic N) is 1. The summed E-state index contributed by atoms with van der Waals surface area (Å²) in [7, 11) is 1.31. The van der Waals surface area contributed by atoms with Crippen molar-refractivity contribution < 1.29 is 19.1 Å². The smallest absolute Gasteiger partial charge is 0.337 e. The molecule has 2 aromatic carbocycles. The number of carbonyl (C=O) groups excluding carboxylic acids is 3. The highest BCUT2D eigenvalue weighted by Crippen LogP contribution is 2.37. The standard InChI is InChI=1S/C27H29N3O4S/c1-34-27(33)21-11-18(12-22(13-21)30-24(31)14-23-16-35-17-29-23)15-28-26(32)25(20-9-5-6-10-20)19-7-3-2-4-8-19/h2-4,7-8,11-13,16-17,20,25H,5-6,9-10,14-15H2,1H3,(H,28,32)(H,30,31)/t25-/m0/s1. The zero-order valence-electron chi connectivity index (χ0n) is 19.7. The first-order valence-corrected chi connectivity index (χ1v) is 12.7. The van der Waals surface area contributed by atoms with Crippen molar-refractivity contribution in [2.24, 2.45) is 5.92 Å². The number of rotatable bonds is 9. The first-order chi connectivity index (χ1) is 17.0. The lowest BCUT2D eigenvalue weighted by atomic mass is 9.84. The van der Waals surface area contributed by atoms with E-state index in [0.717, 1.165) is 31.2 Å². The molecule has 7 nitrogen and oxygen atoms in total. The van der Waals surface area contributed by atoms with E-state index in [4.69, 9.17) is 4.74 Å². The summed E-state index contributed by atoms with van der Waals surface area (Å²) in [6.07, 6.45) is 4.51. The van der Waals surface area contributed by atoms with Crippen molar-refractivity contribution in [2.75, 3.05) is 12.4 Å². The molecule has 0 spiro atoms. The van der Waals surface area contributed by atoms with Gasteiger partial charge in [0.25, 0.3) is 0 Å². The number of aromatic nitrogens is 1.